The molecule has 1 aliphatic heterocycles. The van der Waals surface area contributed by atoms with Gasteiger partial charge in [0.25, 0.3) is 0 Å². The second-order valence-electron chi connectivity index (χ2n) is 8.04. The smallest absolute Gasteiger partial charge is 0.225 e. The van der Waals surface area contributed by atoms with Crippen molar-refractivity contribution in [3.05, 3.63) is 0 Å². The van der Waals surface area contributed by atoms with Crippen molar-refractivity contribution in [2.45, 2.75) is 60.5 Å². The van der Waals surface area contributed by atoms with E-state index in [0.29, 0.717) is 31.1 Å². The van der Waals surface area contributed by atoms with Gasteiger partial charge in [0.1, 0.15) is 0 Å². The Bertz CT molecular complexity index is 434. The van der Waals surface area contributed by atoms with Crippen LogP contribution in [0.15, 0.2) is 4.99 Å². The van der Waals surface area contributed by atoms with Gasteiger partial charge in [-0.2, -0.15) is 0 Å². The molecule has 0 spiro atoms. The quantitative estimate of drug-likeness (QED) is 0.242. The first kappa shape index (κ1) is 24.4. The lowest BCUT2D eigenvalue weighted by atomic mass is 9.96. The first-order valence-corrected chi connectivity index (χ1v) is 9.22. The largest absolute Gasteiger partial charge is 0.357 e. The molecule has 0 aromatic rings. The number of aliphatic imine (C=N–C) groups is 1. The van der Waals surface area contributed by atoms with Crippen molar-refractivity contribution in [2.75, 3.05) is 32.7 Å². The number of hydrogen-bond acceptors (Lipinski definition) is 3. The Morgan fingerprint density at radius 3 is 2.36 bits per heavy atom. The molecule has 0 aromatic carbocycles. The average Bonchev–Trinajstić information content (AvgIpc) is 2.84. The molecule has 0 aliphatic carbocycles. The Morgan fingerprint density at radius 1 is 1.24 bits per heavy atom. The van der Waals surface area contributed by atoms with Crippen LogP contribution in [0.3, 0.4) is 0 Å². The SMILES string of the molecule is CCNC(=NCCNC(=O)C(C)(C)C)NC1CN(C(C)C)CC1C.I. The van der Waals surface area contributed by atoms with Crippen LogP contribution in [0.25, 0.3) is 0 Å². The Hall–Kier alpha value is -0.570. The van der Waals surface area contributed by atoms with Crippen LogP contribution in [-0.4, -0.2) is 61.6 Å². The van der Waals surface area contributed by atoms with Crippen molar-refractivity contribution >= 4 is 35.8 Å². The molecule has 1 aliphatic rings. The van der Waals surface area contributed by atoms with Crippen molar-refractivity contribution < 1.29 is 4.79 Å². The minimum absolute atomic E-state index is 0. The second kappa shape index (κ2) is 11.2. The maximum atomic E-state index is 11.9. The molecule has 148 valence electrons. The molecule has 1 saturated heterocycles. The first-order chi connectivity index (χ1) is 11.1. The number of guanidine groups is 1. The van der Waals surface area contributed by atoms with E-state index < -0.39 is 0 Å². The highest BCUT2D eigenvalue weighted by Crippen LogP contribution is 2.18. The zero-order valence-corrected chi connectivity index (χ0v) is 19.3. The summed E-state index contributed by atoms with van der Waals surface area (Å²) in [4.78, 5) is 19.0. The minimum atomic E-state index is -0.355. The van der Waals surface area contributed by atoms with Crippen LogP contribution in [0.2, 0.25) is 0 Å². The van der Waals surface area contributed by atoms with E-state index in [2.05, 4.69) is 53.5 Å². The van der Waals surface area contributed by atoms with Crippen LogP contribution >= 0.6 is 24.0 Å². The molecule has 2 unspecified atom stereocenters. The zero-order valence-electron chi connectivity index (χ0n) is 17.0. The lowest BCUT2D eigenvalue weighted by Gasteiger charge is -2.22. The summed E-state index contributed by atoms with van der Waals surface area (Å²) in [5, 5.41) is 9.79. The zero-order chi connectivity index (χ0) is 18.3. The lowest BCUT2D eigenvalue weighted by Crippen LogP contribution is -2.47. The number of nitrogens with zero attached hydrogens (tertiary/aromatic N) is 2. The third-order valence-electron chi connectivity index (χ3n) is 4.39. The third-order valence-corrected chi connectivity index (χ3v) is 4.39. The summed E-state index contributed by atoms with van der Waals surface area (Å²) < 4.78 is 0. The fraction of sp³-hybridized carbons (Fsp3) is 0.889. The van der Waals surface area contributed by atoms with E-state index >= 15 is 0 Å². The van der Waals surface area contributed by atoms with Gasteiger partial charge in [-0.25, -0.2) is 0 Å². The molecule has 1 heterocycles. The first-order valence-electron chi connectivity index (χ1n) is 9.22. The monoisotopic (exact) mass is 467 g/mol. The maximum Gasteiger partial charge on any atom is 0.225 e. The summed E-state index contributed by atoms with van der Waals surface area (Å²) >= 11 is 0. The molecule has 1 fully saturated rings. The molecule has 0 bridgehead atoms. The number of carbonyl (C=O) groups is 1. The summed E-state index contributed by atoms with van der Waals surface area (Å²) in [6.07, 6.45) is 0. The van der Waals surface area contributed by atoms with Gasteiger partial charge in [0, 0.05) is 43.7 Å². The molecule has 0 aromatic heterocycles. The molecule has 1 amide bonds. The van der Waals surface area contributed by atoms with E-state index in [-0.39, 0.29) is 35.3 Å². The van der Waals surface area contributed by atoms with Gasteiger partial charge < -0.3 is 16.0 Å². The van der Waals surface area contributed by atoms with E-state index in [4.69, 9.17) is 0 Å². The van der Waals surface area contributed by atoms with Gasteiger partial charge in [0.15, 0.2) is 5.96 Å². The number of nitrogens with one attached hydrogen (secondary N) is 3. The topological polar surface area (TPSA) is 68.8 Å². The van der Waals surface area contributed by atoms with Gasteiger partial charge in [0.05, 0.1) is 6.54 Å². The summed E-state index contributed by atoms with van der Waals surface area (Å²) in [5.41, 5.74) is -0.355. The van der Waals surface area contributed by atoms with Crippen molar-refractivity contribution in [3.8, 4) is 0 Å². The van der Waals surface area contributed by atoms with Crippen molar-refractivity contribution in [3.63, 3.8) is 0 Å². The summed E-state index contributed by atoms with van der Waals surface area (Å²) in [6, 6.07) is 0.987. The van der Waals surface area contributed by atoms with Crippen molar-refractivity contribution in [2.24, 2.45) is 16.3 Å². The number of amides is 1. The molecular formula is C18H38IN5O. The fourth-order valence-corrected chi connectivity index (χ4v) is 2.71. The maximum absolute atomic E-state index is 11.9. The molecule has 2 atom stereocenters. The lowest BCUT2D eigenvalue weighted by molar-refractivity contribution is -0.128. The van der Waals surface area contributed by atoms with E-state index in [1.165, 1.54) is 0 Å². The van der Waals surface area contributed by atoms with E-state index in [9.17, 15) is 4.79 Å². The average molecular weight is 467 g/mol. The van der Waals surface area contributed by atoms with Gasteiger partial charge in [0.2, 0.25) is 5.91 Å². The predicted octanol–water partition coefficient (Wildman–Crippen LogP) is 2.05. The summed E-state index contributed by atoms with van der Waals surface area (Å²) in [7, 11) is 0. The highest BCUT2D eigenvalue weighted by molar-refractivity contribution is 14.0. The van der Waals surface area contributed by atoms with Crippen LogP contribution in [0.1, 0.15) is 48.5 Å². The second-order valence-corrected chi connectivity index (χ2v) is 8.04. The Balaban J connectivity index is 0.00000576. The van der Waals surface area contributed by atoms with E-state index in [1.807, 2.05) is 20.8 Å². The predicted molar refractivity (Wildman–Crippen MR) is 117 cm³/mol. The van der Waals surface area contributed by atoms with Gasteiger partial charge in [-0.1, -0.05) is 27.7 Å². The van der Waals surface area contributed by atoms with Crippen LogP contribution in [0.4, 0.5) is 0 Å². The molecule has 6 nitrogen and oxygen atoms in total. The number of hydrogen-bond donors (Lipinski definition) is 3. The number of carbonyl (C=O) groups excluding carboxylic acids is 1. The molecule has 0 radical (unpaired) electrons. The van der Waals surface area contributed by atoms with Crippen LogP contribution < -0.4 is 16.0 Å². The standard InChI is InChI=1S/C18H37N5O.HI/c1-8-19-17(21-10-9-20-16(24)18(5,6)7)22-15-12-23(13(2)3)11-14(15)4;/h13-15H,8-12H2,1-7H3,(H,20,24)(H2,19,21,22);1H. The van der Waals surface area contributed by atoms with Gasteiger partial charge in [-0.05, 0) is 26.7 Å². The molecule has 25 heavy (non-hydrogen) atoms. The summed E-state index contributed by atoms with van der Waals surface area (Å²) in [6.45, 7) is 18.7. The molecule has 3 N–H and O–H groups in total. The molecule has 7 heteroatoms. The highest BCUT2D eigenvalue weighted by Gasteiger charge is 2.31. The number of halogens is 1. The number of likely N-dealkylation sites (tertiary alicyclic amines) is 1. The Morgan fingerprint density at radius 2 is 1.88 bits per heavy atom. The number of rotatable bonds is 6. The minimum Gasteiger partial charge on any atom is -0.357 e. The summed E-state index contributed by atoms with van der Waals surface area (Å²) in [5.74, 6) is 1.49. The van der Waals surface area contributed by atoms with Crippen molar-refractivity contribution in [1.29, 1.82) is 0 Å². The van der Waals surface area contributed by atoms with Gasteiger partial charge in [-0.15, -0.1) is 24.0 Å². The Kier molecular flexibility index (Phi) is 11.0. The normalized spacial score (nSPS) is 21.8. The molecular weight excluding hydrogens is 429 g/mol. The fourth-order valence-electron chi connectivity index (χ4n) is 2.71. The van der Waals surface area contributed by atoms with Crippen molar-refractivity contribution in [1.82, 2.24) is 20.9 Å². The van der Waals surface area contributed by atoms with Crippen LogP contribution in [0, 0.1) is 11.3 Å². The third kappa shape index (κ3) is 8.57. The highest BCUT2D eigenvalue weighted by atomic mass is 127. The molecule has 0 saturated carbocycles. The Labute approximate surface area is 171 Å². The van der Waals surface area contributed by atoms with Crippen LogP contribution in [0.5, 0.6) is 0 Å². The molecule has 1 rings (SSSR count). The van der Waals surface area contributed by atoms with E-state index in [1.54, 1.807) is 0 Å². The van der Waals surface area contributed by atoms with E-state index in [0.717, 1.165) is 25.6 Å². The van der Waals surface area contributed by atoms with Gasteiger partial charge >= 0.3 is 0 Å². The van der Waals surface area contributed by atoms with Crippen LogP contribution in [-0.2, 0) is 4.79 Å². The van der Waals surface area contributed by atoms with Gasteiger partial charge in [-0.3, -0.25) is 14.7 Å².